The predicted octanol–water partition coefficient (Wildman–Crippen LogP) is 1.56. The van der Waals surface area contributed by atoms with E-state index in [4.69, 9.17) is 9.15 Å². The van der Waals surface area contributed by atoms with Gasteiger partial charge in [-0.25, -0.2) is 9.38 Å². The normalized spacial score (nSPS) is 22.1. The van der Waals surface area contributed by atoms with E-state index in [1.165, 1.54) is 25.5 Å². The highest BCUT2D eigenvalue weighted by Crippen LogP contribution is 2.31. The Kier molecular flexibility index (Phi) is 5.20. The van der Waals surface area contributed by atoms with E-state index in [-0.39, 0.29) is 5.82 Å². The second-order valence-electron chi connectivity index (χ2n) is 6.85. The average molecular weight is 400 g/mol. The molecule has 0 bridgehead atoms. The molecule has 2 atom stereocenters. The molecule has 152 valence electrons. The molecule has 0 radical (unpaired) electrons. The molecule has 0 aliphatic carbocycles. The number of carbonyl (C=O) groups excluding carboxylic acids is 2. The number of esters is 1. The number of methoxy groups -OCH3 is 1. The minimum absolute atomic E-state index is 0.268. The summed E-state index contributed by atoms with van der Waals surface area (Å²) in [4.78, 5) is 33.5. The molecule has 2 aliphatic heterocycles. The van der Waals surface area contributed by atoms with Gasteiger partial charge in [0.15, 0.2) is 5.92 Å². The highest BCUT2D eigenvalue weighted by Gasteiger charge is 2.43. The van der Waals surface area contributed by atoms with Gasteiger partial charge >= 0.3 is 5.97 Å². The van der Waals surface area contributed by atoms with Gasteiger partial charge in [-0.3, -0.25) is 14.9 Å². The zero-order chi connectivity index (χ0) is 20.4. The summed E-state index contributed by atoms with van der Waals surface area (Å²) in [6, 6.07) is 8.97. The van der Waals surface area contributed by atoms with E-state index in [2.05, 4.69) is 15.2 Å². The van der Waals surface area contributed by atoms with Crippen molar-refractivity contribution in [3.05, 3.63) is 54.2 Å². The van der Waals surface area contributed by atoms with E-state index >= 15 is 0 Å². The van der Waals surface area contributed by atoms with Crippen molar-refractivity contribution in [3.8, 4) is 0 Å². The molecule has 2 aromatic rings. The highest BCUT2D eigenvalue weighted by atomic mass is 19.1. The van der Waals surface area contributed by atoms with Gasteiger partial charge in [0.25, 0.3) is 0 Å². The maximum Gasteiger partial charge on any atom is 0.320 e. The predicted molar refractivity (Wildman–Crippen MR) is 103 cm³/mol. The lowest BCUT2D eigenvalue weighted by Gasteiger charge is -2.39. The van der Waals surface area contributed by atoms with Crippen molar-refractivity contribution in [1.82, 2.24) is 10.2 Å². The van der Waals surface area contributed by atoms with Crippen LogP contribution in [0.25, 0.3) is 0 Å². The summed E-state index contributed by atoms with van der Waals surface area (Å²) >= 11 is 0. The Hall–Kier alpha value is -3.36. The number of halogens is 1. The quantitative estimate of drug-likeness (QED) is 0.622. The lowest BCUT2D eigenvalue weighted by Crippen LogP contribution is -2.57. The average Bonchev–Trinajstić information content (AvgIpc) is 3.28. The van der Waals surface area contributed by atoms with Crippen molar-refractivity contribution < 1.29 is 23.1 Å². The molecule has 0 saturated carbocycles. The minimum Gasteiger partial charge on any atom is -0.468 e. The minimum atomic E-state index is -1.10. The number of aliphatic imine (C=N–C) groups is 1. The van der Waals surface area contributed by atoms with Crippen molar-refractivity contribution in [1.29, 1.82) is 0 Å². The van der Waals surface area contributed by atoms with Crippen LogP contribution in [0.15, 0.2) is 52.1 Å². The zero-order valence-electron chi connectivity index (χ0n) is 15.9. The van der Waals surface area contributed by atoms with E-state index in [0.29, 0.717) is 37.9 Å². The van der Waals surface area contributed by atoms with Crippen LogP contribution in [0.2, 0.25) is 0 Å². The molecule has 1 fully saturated rings. The molecule has 1 aromatic carbocycles. The fourth-order valence-corrected chi connectivity index (χ4v) is 3.61. The Morgan fingerprint density at radius 2 is 1.86 bits per heavy atom. The molecule has 3 heterocycles. The third-order valence-electron chi connectivity index (χ3n) is 5.16. The van der Waals surface area contributed by atoms with Crippen LogP contribution < -0.4 is 10.2 Å². The number of rotatable bonds is 3. The van der Waals surface area contributed by atoms with E-state index in [0.717, 1.165) is 5.69 Å². The van der Waals surface area contributed by atoms with Crippen molar-refractivity contribution in [3.63, 3.8) is 0 Å². The first-order valence-electron chi connectivity index (χ1n) is 9.32. The molecule has 9 heteroatoms. The number of nitrogens with zero attached hydrogens (tertiary/aromatic N) is 3. The number of nitrogens with one attached hydrogen (secondary N) is 1. The van der Waals surface area contributed by atoms with Crippen molar-refractivity contribution in [2.75, 3.05) is 38.2 Å². The van der Waals surface area contributed by atoms with Gasteiger partial charge in [-0.2, -0.15) is 0 Å². The number of anilines is 1. The summed E-state index contributed by atoms with van der Waals surface area (Å²) in [5, 5.41) is 2.73. The van der Waals surface area contributed by atoms with Crippen LogP contribution in [0.3, 0.4) is 0 Å². The Balaban J connectivity index is 1.52. The summed E-state index contributed by atoms with van der Waals surface area (Å²) in [6.45, 7) is 2.60. The van der Waals surface area contributed by atoms with Gasteiger partial charge in [0, 0.05) is 31.9 Å². The van der Waals surface area contributed by atoms with Gasteiger partial charge in [0.2, 0.25) is 11.9 Å². The van der Waals surface area contributed by atoms with E-state index < -0.39 is 23.8 Å². The molecule has 4 rings (SSSR count). The van der Waals surface area contributed by atoms with E-state index in [1.807, 2.05) is 4.90 Å². The number of piperazine rings is 1. The van der Waals surface area contributed by atoms with Crippen LogP contribution >= 0.6 is 0 Å². The first-order valence-corrected chi connectivity index (χ1v) is 9.32. The molecule has 29 heavy (non-hydrogen) atoms. The van der Waals surface area contributed by atoms with Crippen LogP contribution in [0.5, 0.6) is 0 Å². The number of hydrogen-bond donors (Lipinski definition) is 1. The molecular weight excluding hydrogens is 379 g/mol. The van der Waals surface area contributed by atoms with Crippen molar-refractivity contribution >= 4 is 23.5 Å². The molecule has 0 spiro atoms. The molecule has 8 nitrogen and oxygen atoms in total. The largest absolute Gasteiger partial charge is 0.468 e. The Labute approximate surface area is 166 Å². The van der Waals surface area contributed by atoms with Gasteiger partial charge in [0.05, 0.1) is 13.4 Å². The smallest absolute Gasteiger partial charge is 0.320 e. The molecule has 1 N–H and O–H groups in total. The number of furan rings is 1. The zero-order valence-corrected chi connectivity index (χ0v) is 15.9. The monoisotopic (exact) mass is 400 g/mol. The summed E-state index contributed by atoms with van der Waals surface area (Å²) in [5.41, 5.74) is 0.944. The standard InChI is InChI=1S/C20H21FN4O4/c1-28-19(27)16-17(15-3-2-12-29-15)22-20(23-18(16)26)25-10-8-24(9-11-25)14-6-4-13(21)5-7-14/h2-7,12,16-17H,8-11H2,1H3,(H,22,23,26)/t16-,17+/m1/s1. The Morgan fingerprint density at radius 3 is 2.48 bits per heavy atom. The van der Waals surface area contributed by atoms with Gasteiger partial charge in [0.1, 0.15) is 17.6 Å². The van der Waals surface area contributed by atoms with Gasteiger partial charge in [-0.1, -0.05) is 0 Å². The van der Waals surface area contributed by atoms with Crippen LogP contribution in [-0.4, -0.2) is 56.0 Å². The Morgan fingerprint density at radius 1 is 1.17 bits per heavy atom. The second kappa shape index (κ2) is 7.94. The first-order chi connectivity index (χ1) is 14.1. The van der Waals surface area contributed by atoms with Crippen LogP contribution in [0.1, 0.15) is 11.8 Å². The maximum absolute atomic E-state index is 13.1. The SMILES string of the molecule is COC(=O)[C@H]1C(=O)NC(N2CCN(c3ccc(F)cc3)CC2)=N[C@H]1c1ccco1. The van der Waals surface area contributed by atoms with Gasteiger partial charge in [-0.15, -0.1) is 0 Å². The van der Waals surface area contributed by atoms with Crippen molar-refractivity contribution in [2.45, 2.75) is 6.04 Å². The number of hydrogen-bond acceptors (Lipinski definition) is 7. The molecule has 0 unspecified atom stereocenters. The lowest BCUT2D eigenvalue weighted by atomic mass is 9.95. The molecule has 2 aliphatic rings. The molecular formula is C20H21FN4O4. The van der Waals surface area contributed by atoms with Gasteiger partial charge < -0.3 is 19.0 Å². The second-order valence-corrected chi connectivity index (χ2v) is 6.85. The first kappa shape index (κ1) is 19.0. The maximum atomic E-state index is 13.1. The third kappa shape index (κ3) is 3.80. The number of amides is 1. The number of guanidine groups is 1. The highest BCUT2D eigenvalue weighted by molar-refractivity contribution is 6.08. The van der Waals surface area contributed by atoms with E-state index in [9.17, 15) is 14.0 Å². The summed E-state index contributed by atoms with van der Waals surface area (Å²) in [6.07, 6.45) is 1.48. The summed E-state index contributed by atoms with van der Waals surface area (Å²) < 4.78 is 23.3. The fourth-order valence-electron chi connectivity index (χ4n) is 3.61. The van der Waals surface area contributed by atoms with Gasteiger partial charge in [-0.05, 0) is 36.4 Å². The van der Waals surface area contributed by atoms with Crippen LogP contribution in [0, 0.1) is 11.7 Å². The third-order valence-corrected chi connectivity index (χ3v) is 5.16. The topological polar surface area (TPSA) is 87.4 Å². The Bertz CT molecular complexity index is 905. The number of benzene rings is 1. The summed E-state index contributed by atoms with van der Waals surface area (Å²) in [5.74, 6) is -1.66. The number of carbonyl (C=O) groups is 2. The molecule has 1 amide bonds. The number of ether oxygens (including phenoxy) is 1. The summed E-state index contributed by atoms with van der Waals surface area (Å²) in [7, 11) is 1.24. The van der Waals surface area contributed by atoms with E-state index in [1.54, 1.807) is 24.3 Å². The molecule has 1 saturated heterocycles. The van der Waals surface area contributed by atoms with Crippen molar-refractivity contribution in [2.24, 2.45) is 10.9 Å². The lowest BCUT2D eigenvalue weighted by molar-refractivity contribution is -0.151. The van der Waals surface area contributed by atoms with Crippen LogP contribution in [-0.2, 0) is 14.3 Å². The fraction of sp³-hybridized carbons (Fsp3) is 0.350. The molecule has 1 aromatic heterocycles. The van der Waals surface area contributed by atoms with Crippen LogP contribution in [0.4, 0.5) is 10.1 Å².